The number of amides is 1. The van der Waals surface area contributed by atoms with Crippen LogP contribution in [-0.4, -0.2) is 19.2 Å². The van der Waals surface area contributed by atoms with Gasteiger partial charge >= 0.3 is 6.09 Å². The molecular weight excluding hydrogens is 256 g/mol. The number of hydrogen-bond donors (Lipinski definition) is 2. The summed E-state index contributed by atoms with van der Waals surface area (Å²) in [6.07, 6.45) is 2.02. The molecule has 1 amide bonds. The van der Waals surface area contributed by atoms with Crippen molar-refractivity contribution in [1.29, 1.82) is 0 Å². The number of anilines is 2. The van der Waals surface area contributed by atoms with E-state index in [1.54, 1.807) is 6.26 Å². The highest BCUT2D eigenvalue weighted by atomic mass is 16.5. The molecule has 2 N–H and O–H groups in total. The van der Waals surface area contributed by atoms with Crippen LogP contribution in [0.4, 0.5) is 16.2 Å². The maximum Gasteiger partial charge on any atom is 0.411 e. The van der Waals surface area contributed by atoms with E-state index < -0.39 is 6.09 Å². The first kappa shape index (κ1) is 14.0. The molecule has 0 aliphatic heterocycles. The summed E-state index contributed by atoms with van der Waals surface area (Å²) in [6.45, 7) is 2.09. The molecule has 2 rings (SSSR count). The van der Waals surface area contributed by atoms with Gasteiger partial charge in [-0.1, -0.05) is 0 Å². The lowest BCUT2D eigenvalue weighted by Crippen LogP contribution is -2.17. The second-order valence-corrected chi connectivity index (χ2v) is 4.52. The second kappa shape index (κ2) is 6.65. The van der Waals surface area contributed by atoms with Crippen molar-refractivity contribution < 1.29 is 13.9 Å². The number of hydrogen-bond acceptors (Lipinski definition) is 4. The van der Waals surface area contributed by atoms with Crippen molar-refractivity contribution in [3.8, 4) is 0 Å². The van der Waals surface area contributed by atoms with Gasteiger partial charge in [0.25, 0.3) is 0 Å². The number of rotatable bonds is 5. The first-order valence-corrected chi connectivity index (χ1v) is 6.41. The quantitative estimate of drug-likeness (QED) is 0.876. The van der Waals surface area contributed by atoms with Crippen LogP contribution in [0.25, 0.3) is 0 Å². The lowest BCUT2D eigenvalue weighted by Gasteiger charge is -2.14. The molecular formula is C15H18N2O3. The molecule has 0 saturated carbocycles. The smallest absolute Gasteiger partial charge is 0.411 e. The molecule has 106 valence electrons. The van der Waals surface area contributed by atoms with Gasteiger partial charge in [0.1, 0.15) is 5.76 Å². The molecule has 2 aromatic rings. The number of benzene rings is 1. The van der Waals surface area contributed by atoms with Gasteiger partial charge in [0.2, 0.25) is 0 Å². The summed E-state index contributed by atoms with van der Waals surface area (Å²) in [4.78, 5) is 11.1. The normalized spacial score (nSPS) is 11.7. The first-order chi connectivity index (χ1) is 9.67. The predicted molar refractivity (Wildman–Crippen MR) is 78.0 cm³/mol. The fraction of sp³-hybridized carbons (Fsp3) is 0.267. The summed E-state index contributed by atoms with van der Waals surface area (Å²) in [7, 11) is 1.33. The van der Waals surface area contributed by atoms with Crippen LogP contribution in [0.2, 0.25) is 0 Å². The van der Waals surface area contributed by atoms with E-state index >= 15 is 0 Å². The molecule has 1 aromatic carbocycles. The molecule has 0 spiro atoms. The Morgan fingerprint density at radius 1 is 1.25 bits per heavy atom. The zero-order chi connectivity index (χ0) is 14.4. The Morgan fingerprint density at radius 2 is 1.95 bits per heavy atom. The number of methoxy groups -OCH3 is 1. The molecule has 0 aliphatic rings. The number of carbonyl (C=O) groups is 1. The van der Waals surface area contributed by atoms with Crippen LogP contribution < -0.4 is 10.6 Å². The molecule has 0 bridgehead atoms. The minimum absolute atomic E-state index is 0.251. The Hall–Kier alpha value is -2.43. The van der Waals surface area contributed by atoms with Crippen LogP contribution in [0, 0.1) is 0 Å². The SMILES string of the molecule is COC(=O)Nc1ccc(NC(C)Cc2ccco2)cc1. The number of ether oxygens (including phenoxy) is 1. The average Bonchev–Trinajstić information content (AvgIpc) is 2.93. The van der Waals surface area contributed by atoms with Crippen LogP contribution in [-0.2, 0) is 11.2 Å². The summed E-state index contributed by atoms with van der Waals surface area (Å²) in [6, 6.07) is 11.5. The molecule has 1 atom stereocenters. The van der Waals surface area contributed by atoms with E-state index in [4.69, 9.17) is 4.42 Å². The number of nitrogens with one attached hydrogen (secondary N) is 2. The molecule has 1 aromatic heterocycles. The van der Waals surface area contributed by atoms with Gasteiger partial charge in [0.15, 0.2) is 0 Å². The van der Waals surface area contributed by atoms with Gasteiger partial charge in [-0.3, -0.25) is 5.32 Å². The number of carbonyl (C=O) groups excluding carboxylic acids is 1. The summed E-state index contributed by atoms with van der Waals surface area (Å²) < 4.78 is 9.85. The third kappa shape index (κ3) is 4.05. The maximum atomic E-state index is 11.1. The Labute approximate surface area is 117 Å². The summed E-state index contributed by atoms with van der Waals surface area (Å²) in [5, 5.41) is 5.98. The van der Waals surface area contributed by atoms with Gasteiger partial charge in [0, 0.05) is 23.8 Å². The highest BCUT2D eigenvalue weighted by molar-refractivity contribution is 5.84. The van der Waals surface area contributed by atoms with Crippen molar-refractivity contribution in [3.05, 3.63) is 48.4 Å². The van der Waals surface area contributed by atoms with Crippen molar-refractivity contribution in [3.63, 3.8) is 0 Å². The highest BCUT2D eigenvalue weighted by Gasteiger charge is 2.06. The predicted octanol–water partition coefficient (Wildman–Crippen LogP) is 3.50. The van der Waals surface area contributed by atoms with E-state index in [9.17, 15) is 4.79 Å². The van der Waals surface area contributed by atoms with Crippen molar-refractivity contribution in [1.82, 2.24) is 0 Å². The van der Waals surface area contributed by atoms with Gasteiger partial charge in [-0.25, -0.2) is 4.79 Å². The van der Waals surface area contributed by atoms with Crippen LogP contribution in [0.1, 0.15) is 12.7 Å². The molecule has 0 aliphatic carbocycles. The van der Waals surface area contributed by atoms with Crippen molar-refractivity contribution in [2.24, 2.45) is 0 Å². The summed E-state index contributed by atoms with van der Waals surface area (Å²) in [5.41, 5.74) is 1.68. The van der Waals surface area contributed by atoms with Crippen LogP contribution in [0.3, 0.4) is 0 Å². The van der Waals surface area contributed by atoms with Crippen LogP contribution >= 0.6 is 0 Å². The van der Waals surface area contributed by atoms with Crippen LogP contribution in [0.15, 0.2) is 47.1 Å². The maximum absolute atomic E-state index is 11.1. The highest BCUT2D eigenvalue weighted by Crippen LogP contribution is 2.16. The van der Waals surface area contributed by atoms with Gasteiger partial charge in [0.05, 0.1) is 13.4 Å². The van der Waals surface area contributed by atoms with E-state index in [0.717, 1.165) is 17.9 Å². The van der Waals surface area contributed by atoms with Crippen molar-refractivity contribution in [2.75, 3.05) is 17.7 Å². The Bertz CT molecular complexity index is 535. The largest absolute Gasteiger partial charge is 0.469 e. The lowest BCUT2D eigenvalue weighted by atomic mass is 10.2. The summed E-state index contributed by atoms with van der Waals surface area (Å²) >= 11 is 0. The third-order valence-electron chi connectivity index (χ3n) is 2.82. The topological polar surface area (TPSA) is 63.5 Å². The van der Waals surface area contributed by atoms with E-state index in [1.165, 1.54) is 7.11 Å². The van der Waals surface area contributed by atoms with E-state index in [2.05, 4.69) is 22.3 Å². The van der Waals surface area contributed by atoms with Gasteiger partial charge in [-0.2, -0.15) is 0 Å². The fourth-order valence-corrected chi connectivity index (χ4v) is 1.88. The van der Waals surface area contributed by atoms with Crippen molar-refractivity contribution >= 4 is 17.5 Å². The van der Waals surface area contributed by atoms with Gasteiger partial charge in [-0.05, 0) is 43.3 Å². The standard InChI is InChI=1S/C15H18N2O3/c1-11(10-14-4-3-9-20-14)16-12-5-7-13(8-6-12)17-15(18)19-2/h3-9,11,16H,10H2,1-2H3,(H,17,18). The molecule has 1 heterocycles. The van der Waals surface area contributed by atoms with E-state index in [0.29, 0.717) is 5.69 Å². The third-order valence-corrected chi connectivity index (χ3v) is 2.82. The molecule has 5 heteroatoms. The molecule has 20 heavy (non-hydrogen) atoms. The molecule has 1 unspecified atom stereocenters. The minimum atomic E-state index is -0.475. The lowest BCUT2D eigenvalue weighted by molar-refractivity contribution is 0.187. The molecule has 0 fully saturated rings. The minimum Gasteiger partial charge on any atom is -0.469 e. The molecule has 5 nitrogen and oxygen atoms in total. The van der Waals surface area contributed by atoms with E-state index in [1.807, 2.05) is 36.4 Å². The summed E-state index contributed by atoms with van der Waals surface area (Å²) in [5.74, 6) is 0.953. The van der Waals surface area contributed by atoms with Crippen LogP contribution in [0.5, 0.6) is 0 Å². The molecule has 0 radical (unpaired) electrons. The number of furan rings is 1. The first-order valence-electron chi connectivity index (χ1n) is 6.41. The van der Waals surface area contributed by atoms with Gasteiger partial charge < -0.3 is 14.5 Å². The second-order valence-electron chi connectivity index (χ2n) is 4.52. The average molecular weight is 274 g/mol. The van der Waals surface area contributed by atoms with Crippen molar-refractivity contribution in [2.45, 2.75) is 19.4 Å². The zero-order valence-electron chi connectivity index (χ0n) is 11.6. The Kier molecular flexibility index (Phi) is 4.65. The fourth-order valence-electron chi connectivity index (χ4n) is 1.88. The molecule has 0 saturated heterocycles. The Morgan fingerprint density at radius 3 is 2.55 bits per heavy atom. The zero-order valence-corrected chi connectivity index (χ0v) is 11.6. The Balaban J connectivity index is 1.88. The monoisotopic (exact) mass is 274 g/mol. The van der Waals surface area contributed by atoms with E-state index in [-0.39, 0.29) is 6.04 Å². The van der Waals surface area contributed by atoms with Gasteiger partial charge in [-0.15, -0.1) is 0 Å².